The summed E-state index contributed by atoms with van der Waals surface area (Å²) < 4.78 is 11.1. The van der Waals surface area contributed by atoms with Crippen molar-refractivity contribution in [1.82, 2.24) is 5.32 Å². The van der Waals surface area contributed by atoms with Gasteiger partial charge in [-0.25, -0.2) is 0 Å². The Kier molecular flexibility index (Phi) is 4.89. The van der Waals surface area contributed by atoms with Crippen molar-refractivity contribution in [3.63, 3.8) is 0 Å². The zero-order valence-corrected chi connectivity index (χ0v) is 12.6. The summed E-state index contributed by atoms with van der Waals surface area (Å²) in [6, 6.07) is 6.07. The largest absolute Gasteiger partial charge is 0.486 e. The van der Waals surface area contributed by atoms with E-state index in [1.54, 1.807) is 0 Å². The van der Waals surface area contributed by atoms with Crippen LogP contribution in [-0.2, 0) is 6.42 Å². The fourth-order valence-corrected chi connectivity index (χ4v) is 2.02. The first-order valence-corrected chi connectivity index (χ1v) is 7.30. The zero-order valence-electron chi connectivity index (χ0n) is 12.6. The van der Waals surface area contributed by atoms with Crippen LogP contribution in [0.2, 0.25) is 0 Å². The molecule has 0 bridgehead atoms. The third-order valence-electron chi connectivity index (χ3n) is 3.92. The van der Waals surface area contributed by atoms with E-state index in [9.17, 15) is 5.11 Å². The molecule has 112 valence electrons. The minimum atomic E-state index is -0.660. The maximum atomic E-state index is 10.1. The van der Waals surface area contributed by atoms with E-state index in [0.29, 0.717) is 19.8 Å². The van der Waals surface area contributed by atoms with Crippen LogP contribution in [0.4, 0.5) is 0 Å². The van der Waals surface area contributed by atoms with Gasteiger partial charge in [0, 0.05) is 6.54 Å². The maximum Gasteiger partial charge on any atom is 0.161 e. The highest BCUT2D eigenvalue weighted by Crippen LogP contribution is 2.30. The monoisotopic (exact) mass is 279 g/mol. The Morgan fingerprint density at radius 1 is 1.25 bits per heavy atom. The standard InChI is InChI=1S/C16H25NO3/c1-12(2)16(3,18)11-17-7-6-13-4-5-14-15(10-13)20-9-8-19-14/h4-5,10,12,17-18H,6-9,11H2,1-3H3. The van der Waals surface area contributed by atoms with E-state index in [-0.39, 0.29) is 5.92 Å². The normalized spacial score (nSPS) is 17.1. The topological polar surface area (TPSA) is 50.7 Å². The van der Waals surface area contributed by atoms with Crippen molar-refractivity contribution >= 4 is 0 Å². The van der Waals surface area contributed by atoms with Crippen molar-refractivity contribution in [2.75, 3.05) is 26.3 Å². The lowest BCUT2D eigenvalue weighted by Gasteiger charge is -2.28. The highest BCUT2D eigenvalue weighted by molar-refractivity contribution is 5.43. The average Bonchev–Trinajstić information content (AvgIpc) is 2.43. The molecule has 0 saturated heterocycles. The van der Waals surface area contributed by atoms with Gasteiger partial charge in [-0.1, -0.05) is 19.9 Å². The second kappa shape index (κ2) is 6.46. The van der Waals surface area contributed by atoms with Gasteiger partial charge in [-0.15, -0.1) is 0 Å². The van der Waals surface area contributed by atoms with Crippen LogP contribution in [-0.4, -0.2) is 37.0 Å². The minimum absolute atomic E-state index is 0.240. The van der Waals surface area contributed by atoms with Crippen LogP contribution in [0.1, 0.15) is 26.3 Å². The second-order valence-electron chi connectivity index (χ2n) is 5.92. The van der Waals surface area contributed by atoms with Crippen LogP contribution >= 0.6 is 0 Å². The molecule has 1 aliphatic heterocycles. The lowest BCUT2D eigenvalue weighted by molar-refractivity contribution is 0.0145. The Morgan fingerprint density at radius 2 is 1.95 bits per heavy atom. The Bertz CT molecular complexity index is 443. The minimum Gasteiger partial charge on any atom is -0.486 e. The van der Waals surface area contributed by atoms with E-state index in [1.165, 1.54) is 5.56 Å². The SMILES string of the molecule is CC(C)C(C)(O)CNCCc1ccc2c(c1)OCCO2. The predicted octanol–water partition coefficient (Wildman–Crippen LogP) is 2.00. The molecule has 1 aromatic rings. The van der Waals surface area contributed by atoms with Gasteiger partial charge in [-0.2, -0.15) is 0 Å². The van der Waals surface area contributed by atoms with Gasteiger partial charge in [-0.05, 0) is 43.5 Å². The van der Waals surface area contributed by atoms with E-state index in [1.807, 2.05) is 32.9 Å². The Morgan fingerprint density at radius 3 is 2.65 bits per heavy atom. The van der Waals surface area contributed by atoms with Gasteiger partial charge < -0.3 is 19.9 Å². The third kappa shape index (κ3) is 3.87. The third-order valence-corrected chi connectivity index (χ3v) is 3.92. The molecule has 1 aromatic carbocycles. The number of hydrogen-bond acceptors (Lipinski definition) is 4. The average molecular weight is 279 g/mol. The molecular weight excluding hydrogens is 254 g/mol. The van der Waals surface area contributed by atoms with Gasteiger partial charge in [0.1, 0.15) is 13.2 Å². The molecular formula is C16H25NO3. The van der Waals surface area contributed by atoms with E-state index >= 15 is 0 Å². The van der Waals surface area contributed by atoms with E-state index < -0.39 is 5.60 Å². The van der Waals surface area contributed by atoms with Crippen molar-refractivity contribution in [1.29, 1.82) is 0 Å². The Hall–Kier alpha value is -1.26. The van der Waals surface area contributed by atoms with Crippen LogP contribution in [0.5, 0.6) is 11.5 Å². The molecule has 2 N–H and O–H groups in total. The number of ether oxygens (including phenoxy) is 2. The van der Waals surface area contributed by atoms with Crippen molar-refractivity contribution in [2.45, 2.75) is 32.8 Å². The first kappa shape index (κ1) is 15.1. The van der Waals surface area contributed by atoms with Gasteiger partial charge in [0.05, 0.1) is 5.60 Å². The Balaban J connectivity index is 1.80. The molecule has 1 heterocycles. The van der Waals surface area contributed by atoms with Gasteiger partial charge in [0.2, 0.25) is 0 Å². The van der Waals surface area contributed by atoms with Crippen molar-refractivity contribution in [2.24, 2.45) is 5.92 Å². The summed E-state index contributed by atoms with van der Waals surface area (Å²) in [4.78, 5) is 0. The van der Waals surface area contributed by atoms with E-state index in [4.69, 9.17) is 9.47 Å². The van der Waals surface area contributed by atoms with Crippen molar-refractivity contribution < 1.29 is 14.6 Å². The molecule has 0 aromatic heterocycles. The fraction of sp³-hybridized carbons (Fsp3) is 0.625. The molecule has 0 saturated carbocycles. The first-order valence-electron chi connectivity index (χ1n) is 7.30. The summed E-state index contributed by atoms with van der Waals surface area (Å²) >= 11 is 0. The predicted molar refractivity (Wildman–Crippen MR) is 79.5 cm³/mol. The smallest absolute Gasteiger partial charge is 0.161 e. The summed E-state index contributed by atoms with van der Waals surface area (Å²) in [6.45, 7) is 8.61. The quantitative estimate of drug-likeness (QED) is 0.782. The van der Waals surface area contributed by atoms with Crippen molar-refractivity contribution in [3.8, 4) is 11.5 Å². The van der Waals surface area contributed by atoms with Crippen LogP contribution in [0.15, 0.2) is 18.2 Å². The van der Waals surface area contributed by atoms with E-state index in [2.05, 4.69) is 11.4 Å². The van der Waals surface area contributed by atoms with Crippen molar-refractivity contribution in [3.05, 3.63) is 23.8 Å². The molecule has 4 nitrogen and oxygen atoms in total. The summed E-state index contributed by atoms with van der Waals surface area (Å²) in [5, 5.41) is 13.5. The molecule has 0 radical (unpaired) electrons. The zero-order chi connectivity index (χ0) is 14.6. The highest BCUT2D eigenvalue weighted by Gasteiger charge is 2.23. The van der Waals surface area contributed by atoms with Crippen LogP contribution < -0.4 is 14.8 Å². The number of rotatable bonds is 6. The number of hydrogen-bond donors (Lipinski definition) is 2. The molecule has 0 fully saturated rings. The summed E-state index contributed by atoms with van der Waals surface area (Å²) in [5.41, 5.74) is 0.554. The molecule has 1 unspecified atom stereocenters. The van der Waals surface area contributed by atoms with Gasteiger partial charge in [-0.3, -0.25) is 0 Å². The number of aliphatic hydroxyl groups is 1. The lowest BCUT2D eigenvalue weighted by Crippen LogP contribution is -2.42. The van der Waals surface area contributed by atoms with Crippen LogP contribution in [0.3, 0.4) is 0 Å². The molecule has 0 amide bonds. The maximum absolute atomic E-state index is 10.1. The second-order valence-corrected chi connectivity index (χ2v) is 5.92. The molecule has 2 rings (SSSR count). The van der Waals surface area contributed by atoms with Gasteiger partial charge >= 0.3 is 0 Å². The highest BCUT2D eigenvalue weighted by atomic mass is 16.6. The summed E-state index contributed by atoms with van der Waals surface area (Å²) in [5.74, 6) is 1.91. The Labute approximate surface area is 121 Å². The fourth-order valence-electron chi connectivity index (χ4n) is 2.02. The van der Waals surface area contributed by atoms with Crippen LogP contribution in [0, 0.1) is 5.92 Å². The van der Waals surface area contributed by atoms with Gasteiger partial charge in [0.25, 0.3) is 0 Å². The first-order chi connectivity index (χ1) is 9.49. The number of fused-ring (bicyclic) bond motifs is 1. The van der Waals surface area contributed by atoms with Gasteiger partial charge in [0.15, 0.2) is 11.5 Å². The van der Waals surface area contributed by atoms with Crippen LogP contribution in [0.25, 0.3) is 0 Å². The lowest BCUT2D eigenvalue weighted by atomic mass is 9.92. The summed E-state index contributed by atoms with van der Waals surface area (Å²) in [7, 11) is 0. The molecule has 20 heavy (non-hydrogen) atoms. The van der Waals surface area contributed by atoms with E-state index in [0.717, 1.165) is 24.5 Å². The molecule has 1 aliphatic rings. The molecule has 1 atom stereocenters. The number of nitrogens with one attached hydrogen (secondary N) is 1. The molecule has 0 spiro atoms. The summed E-state index contributed by atoms with van der Waals surface area (Å²) in [6.07, 6.45) is 0.908. The number of benzene rings is 1. The molecule has 0 aliphatic carbocycles. The molecule has 4 heteroatoms.